The number of likely N-dealkylation sites (tertiary alicyclic amines) is 1. The van der Waals surface area contributed by atoms with Gasteiger partial charge in [0, 0.05) is 43.5 Å². The Morgan fingerprint density at radius 1 is 1.22 bits per heavy atom. The summed E-state index contributed by atoms with van der Waals surface area (Å²) in [4.78, 5) is 59.2. The molecule has 1 aromatic heterocycles. The van der Waals surface area contributed by atoms with Gasteiger partial charge in [0.2, 0.25) is 5.91 Å². The van der Waals surface area contributed by atoms with Crippen LogP contribution in [0.1, 0.15) is 36.4 Å². The van der Waals surface area contributed by atoms with Crippen molar-refractivity contribution >= 4 is 23.6 Å². The number of aromatic amines is 1. The number of carbonyl (C=O) groups excluding carboxylic acids is 4. The first-order valence-corrected chi connectivity index (χ1v) is 10.7. The normalized spacial score (nSPS) is 28.3. The number of amides is 4. The summed E-state index contributed by atoms with van der Waals surface area (Å²) < 4.78 is -0.765. The summed E-state index contributed by atoms with van der Waals surface area (Å²) in [5.74, 6) is -2.55. The number of primary amides is 1. The summed E-state index contributed by atoms with van der Waals surface area (Å²) in [5.41, 5.74) is 13.3. The lowest BCUT2D eigenvalue weighted by molar-refractivity contribution is -0.783. The zero-order chi connectivity index (χ0) is 22.9. The Morgan fingerprint density at radius 2 is 1.97 bits per heavy atom. The van der Waals surface area contributed by atoms with E-state index < -0.39 is 46.2 Å². The molecule has 0 aliphatic carbocycles. The molecule has 4 amide bonds. The molecule has 5 atom stereocenters. The second-order valence-electron chi connectivity index (χ2n) is 8.48. The predicted octanol–water partition coefficient (Wildman–Crippen LogP) is -0.530. The quantitative estimate of drug-likeness (QED) is 0.443. The minimum absolute atomic E-state index is 0.121. The maximum atomic E-state index is 14.0. The van der Waals surface area contributed by atoms with Crippen LogP contribution in [0.3, 0.4) is 0 Å². The molecule has 2 aliphatic heterocycles. The second-order valence-corrected chi connectivity index (χ2v) is 8.48. The molecule has 6 N–H and O–H groups in total. The van der Waals surface area contributed by atoms with Gasteiger partial charge >= 0.3 is 11.8 Å². The Balaban J connectivity index is 1.71. The topological polar surface area (TPSA) is 161 Å². The standard InChI is InChI=1S/C22H26N6O4/c23-16(9-14-11-25-12-26-14)21(31)28(8-4-7-17(28)20(24)30)22(32)19-15(10-18(29)27-19)13-5-2-1-3-6-13/h1-3,5-6,11-12,15-17,19H,4,7-10,23H2,(H3-,24,25,26,27,29,30)/p+1/t15-,16+,17+,19+,28?/m1/s1. The van der Waals surface area contributed by atoms with Gasteiger partial charge < -0.3 is 21.8 Å². The molecule has 168 valence electrons. The molecule has 2 aromatic rings. The van der Waals surface area contributed by atoms with Crippen LogP contribution in [0.4, 0.5) is 0 Å². The number of aromatic nitrogens is 2. The molecular weight excluding hydrogens is 412 g/mol. The van der Waals surface area contributed by atoms with Crippen LogP contribution in [-0.4, -0.2) is 62.7 Å². The first-order valence-electron chi connectivity index (χ1n) is 10.7. The third kappa shape index (κ3) is 3.71. The van der Waals surface area contributed by atoms with Crippen molar-refractivity contribution in [2.24, 2.45) is 11.5 Å². The van der Waals surface area contributed by atoms with Crippen LogP contribution in [0.15, 0.2) is 42.9 Å². The Kier molecular flexibility index (Phi) is 5.90. The van der Waals surface area contributed by atoms with E-state index in [-0.39, 0.29) is 25.3 Å². The van der Waals surface area contributed by atoms with Crippen molar-refractivity contribution in [1.29, 1.82) is 0 Å². The van der Waals surface area contributed by atoms with E-state index in [0.29, 0.717) is 18.5 Å². The van der Waals surface area contributed by atoms with E-state index in [0.717, 1.165) is 5.56 Å². The van der Waals surface area contributed by atoms with E-state index in [1.165, 1.54) is 6.33 Å². The van der Waals surface area contributed by atoms with Gasteiger partial charge in [-0.15, -0.1) is 0 Å². The molecule has 2 fully saturated rings. The minimum atomic E-state index is -1.05. The third-order valence-corrected chi connectivity index (χ3v) is 6.57. The molecule has 0 spiro atoms. The zero-order valence-electron chi connectivity index (χ0n) is 17.6. The molecule has 32 heavy (non-hydrogen) atoms. The number of quaternary nitrogens is 1. The van der Waals surface area contributed by atoms with Crippen LogP contribution in [0, 0.1) is 0 Å². The number of imide groups is 1. The molecular formula is C22H27N6O4+. The van der Waals surface area contributed by atoms with Crippen molar-refractivity contribution in [3.05, 3.63) is 54.1 Å². The van der Waals surface area contributed by atoms with Crippen molar-refractivity contribution in [3.63, 3.8) is 0 Å². The molecule has 10 nitrogen and oxygen atoms in total. The van der Waals surface area contributed by atoms with Crippen molar-refractivity contribution in [2.75, 3.05) is 6.54 Å². The Labute approximate surface area is 184 Å². The molecule has 4 rings (SSSR count). The minimum Gasteiger partial charge on any atom is -0.364 e. The number of hydrogen-bond donors (Lipinski definition) is 4. The Hall–Kier alpha value is -3.37. The first-order chi connectivity index (χ1) is 15.3. The van der Waals surface area contributed by atoms with Crippen LogP contribution < -0.4 is 16.8 Å². The van der Waals surface area contributed by atoms with E-state index in [9.17, 15) is 19.2 Å². The first kappa shape index (κ1) is 21.8. The largest absolute Gasteiger partial charge is 0.364 e. The number of nitrogens with two attached hydrogens (primary N) is 2. The third-order valence-electron chi connectivity index (χ3n) is 6.57. The van der Waals surface area contributed by atoms with E-state index in [4.69, 9.17) is 11.5 Å². The average molecular weight is 439 g/mol. The monoisotopic (exact) mass is 439 g/mol. The molecule has 2 saturated heterocycles. The van der Waals surface area contributed by atoms with Crippen molar-refractivity contribution < 1.29 is 23.7 Å². The Morgan fingerprint density at radius 3 is 2.62 bits per heavy atom. The smallest absolute Gasteiger partial charge is 0.344 e. The van der Waals surface area contributed by atoms with Gasteiger partial charge in [-0.1, -0.05) is 30.3 Å². The maximum Gasteiger partial charge on any atom is 0.344 e. The number of nitrogens with one attached hydrogen (secondary N) is 2. The number of carbonyl (C=O) groups is 4. The van der Waals surface area contributed by atoms with Gasteiger partial charge in [-0.25, -0.2) is 14.6 Å². The fourth-order valence-corrected chi connectivity index (χ4v) is 5.07. The molecule has 2 aliphatic rings. The highest BCUT2D eigenvalue weighted by Gasteiger charge is 2.61. The van der Waals surface area contributed by atoms with Gasteiger partial charge in [0.25, 0.3) is 5.91 Å². The number of hydrogen-bond acceptors (Lipinski definition) is 6. The van der Waals surface area contributed by atoms with Gasteiger partial charge in [-0.2, -0.15) is 4.48 Å². The molecule has 1 unspecified atom stereocenters. The van der Waals surface area contributed by atoms with Gasteiger partial charge in [0.05, 0.1) is 12.9 Å². The van der Waals surface area contributed by atoms with Gasteiger partial charge in [-0.3, -0.25) is 9.59 Å². The zero-order valence-corrected chi connectivity index (χ0v) is 17.6. The lowest BCUT2D eigenvalue weighted by atomic mass is 9.90. The number of benzene rings is 1. The molecule has 0 saturated carbocycles. The van der Waals surface area contributed by atoms with Crippen LogP contribution in [-0.2, 0) is 25.6 Å². The SMILES string of the molecule is NC(=O)[C@@H]1CCC[N+]1(C(=O)[C@H]1NC(=O)C[C@@H]1c1ccccc1)C(=O)[C@@H](N)Cc1cnc[nH]1. The van der Waals surface area contributed by atoms with Crippen LogP contribution >= 0.6 is 0 Å². The highest BCUT2D eigenvalue weighted by Crippen LogP contribution is 2.36. The van der Waals surface area contributed by atoms with E-state index in [1.54, 1.807) is 6.20 Å². The Bertz CT molecular complexity index is 1020. The summed E-state index contributed by atoms with van der Waals surface area (Å²) in [6, 6.07) is 6.18. The molecule has 3 heterocycles. The number of imidazole rings is 1. The van der Waals surface area contributed by atoms with Crippen LogP contribution in [0.5, 0.6) is 0 Å². The lowest BCUT2D eigenvalue weighted by Gasteiger charge is -2.37. The van der Waals surface area contributed by atoms with Crippen LogP contribution in [0.25, 0.3) is 0 Å². The highest BCUT2D eigenvalue weighted by molar-refractivity contribution is 5.98. The molecule has 0 bridgehead atoms. The molecule has 10 heteroatoms. The summed E-state index contributed by atoms with van der Waals surface area (Å²) in [6.45, 7) is 0.121. The predicted molar refractivity (Wildman–Crippen MR) is 113 cm³/mol. The summed E-state index contributed by atoms with van der Waals surface area (Å²) in [5, 5.41) is 2.74. The fraction of sp³-hybridized carbons (Fsp3) is 0.409. The average Bonchev–Trinajstić information content (AvgIpc) is 3.53. The number of H-pyrrole nitrogens is 1. The summed E-state index contributed by atoms with van der Waals surface area (Å²) in [6.07, 6.45) is 4.06. The molecule has 1 aromatic carbocycles. The number of nitrogens with zero attached hydrogens (tertiary/aromatic N) is 2. The van der Waals surface area contributed by atoms with Gasteiger partial charge in [0.15, 0.2) is 12.1 Å². The van der Waals surface area contributed by atoms with Crippen molar-refractivity contribution in [2.45, 2.75) is 49.7 Å². The maximum absolute atomic E-state index is 14.0. The summed E-state index contributed by atoms with van der Waals surface area (Å²) in [7, 11) is 0. The van der Waals surface area contributed by atoms with E-state index in [2.05, 4.69) is 15.3 Å². The lowest BCUT2D eigenvalue weighted by Crippen LogP contribution is -2.70. The van der Waals surface area contributed by atoms with Crippen molar-refractivity contribution in [3.8, 4) is 0 Å². The van der Waals surface area contributed by atoms with E-state index >= 15 is 0 Å². The van der Waals surface area contributed by atoms with Crippen LogP contribution in [0.2, 0.25) is 0 Å². The number of rotatable bonds is 6. The summed E-state index contributed by atoms with van der Waals surface area (Å²) >= 11 is 0. The second kappa shape index (κ2) is 8.64. The van der Waals surface area contributed by atoms with E-state index in [1.807, 2.05) is 30.3 Å². The fourth-order valence-electron chi connectivity index (χ4n) is 5.07. The highest BCUT2D eigenvalue weighted by atomic mass is 16.2. The van der Waals surface area contributed by atoms with Crippen molar-refractivity contribution in [1.82, 2.24) is 15.3 Å². The van der Waals surface area contributed by atoms with Gasteiger partial charge in [-0.05, 0) is 5.56 Å². The van der Waals surface area contributed by atoms with Gasteiger partial charge in [0.1, 0.15) is 6.04 Å². The molecule has 0 radical (unpaired) electrons.